The van der Waals surface area contributed by atoms with Crippen molar-refractivity contribution in [1.82, 2.24) is 0 Å². The number of aliphatic hydroxyl groups is 1. The quantitative estimate of drug-likeness (QED) is 0.385. The molecule has 0 atom stereocenters. The molecule has 0 fully saturated rings. The van der Waals surface area contributed by atoms with Crippen LogP contribution in [0.4, 0.5) is 0 Å². The van der Waals surface area contributed by atoms with Crippen molar-refractivity contribution in [2.75, 3.05) is 13.7 Å². The predicted octanol–water partition coefficient (Wildman–Crippen LogP) is -0.934. The van der Waals surface area contributed by atoms with Crippen LogP contribution in [0.15, 0.2) is 5.16 Å². The Hall–Kier alpha value is -1.10. The highest BCUT2D eigenvalue weighted by atomic mass is 16.6. The van der Waals surface area contributed by atoms with Crippen LogP contribution in [-0.4, -0.2) is 35.6 Å². The van der Waals surface area contributed by atoms with E-state index in [9.17, 15) is 4.79 Å². The van der Waals surface area contributed by atoms with E-state index in [2.05, 4.69) is 9.99 Å². The summed E-state index contributed by atoms with van der Waals surface area (Å²) in [5.41, 5.74) is -0.405. The maximum Gasteiger partial charge on any atom is 0.356 e. The normalized spacial score (nSPS) is 11.1. The van der Waals surface area contributed by atoms with Crippen molar-refractivity contribution in [3.8, 4) is 0 Å². The van der Waals surface area contributed by atoms with E-state index in [4.69, 9.17) is 10.2 Å². The SMILES string of the molecule is CON=C(CO)C(=O)O. The van der Waals surface area contributed by atoms with Crippen molar-refractivity contribution in [2.24, 2.45) is 5.16 Å². The molecule has 0 aromatic carbocycles. The van der Waals surface area contributed by atoms with Gasteiger partial charge in [-0.15, -0.1) is 0 Å². The zero-order valence-electron chi connectivity index (χ0n) is 4.87. The molecule has 5 heteroatoms. The number of carboxylic acid groups (broad SMARTS) is 1. The van der Waals surface area contributed by atoms with Gasteiger partial charge in [0.25, 0.3) is 0 Å². The number of oxime groups is 1. The molecular formula is C4H7NO4. The van der Waals surface area contributed by atoms with E-state index in [-0.39, 0.29) is 0 Å². The standard InChI is InChI=1S/C4H7NO4/c1-9-5-3(2-6)4(7)8/h6H,2H2,1H3,(H,7,8). The van der Waals surface area contributed by atoms with Crippen molar-refractivity contribution in [1.29, 1.82) is 0 Å². The minimum absolute atomic E-state index is 0.405. The molecule has 0 aromatic rings. The molecule has 52 valence electrons. The number of rotatable bonds is 3. The van der Waals surface area contributed by atoms with Gasteiger partial charge in [-0.3, -0.25) is 0 Å². The summed E-state index contributed by atoms with van der Waals surface area (Å²) in [4.78, 5) is 14.1. The second kappa shape index (κ2) is 3.85. The van der Waals surface area contributed by atoms with Gasteiger partial charge in [0.05, 0.1) is 6.61 Å². The second-order valence-corrected chi connectivity index (χ2v) is 1.18. The van der Waals surface area contributed by atoms with Crippen LogP contribution in [0.3, 0.4) is 0 Å². The first-order chi connectivity index (χ1) is 4.22. The van der Waals surface area contributed by atoms with Crippen molar-refractivity contribution >= 4 is 11.7 Å². The maximum absolute atomic E-state index is 9.95. The van der Waals surface area contributed by atoms with Crippen molar-refractivity contribution in [2.45, 2.75) is 0 Å². The van der Waals surface area contributed by atoms with Gasteiger partial charge in [-0.25, -0.2) is 4.79 Å². The molecule has 0 aliphatic carbocycles. The maximum atomic E-state index is 9.95. The molecule has 2 N–H and O–H groups in total. The van der Waals surface area contributed by atoms with Crippen LogP contribution in [0.25, 0.3) is 0 Å². The molecule has 0 unspecified atom stereocenters. The molecule has 0 heterocycles. The molecule has 9 heavy (non-hydrogen) atoms. The monoisotopic (exact) mass is 133 g/mol. The molecule has 0 spiro atoms. The number of aliphatic hydroxyl groups excluding tert-OH is 1. The Bertz CT molecular complexity index is 131. The summed E-state index contributed by atoms with van der Waals surface area (Å²) in [5.74, 6) is -1.28. The largest absolute Gasteiger partial charge is 0.477 e. The van der Waals surface area contributed by atoms with Crippen LogP contribution in [0.5, 0.6) is 0 Å². The summed E-state index contributed by atoms with van der Waals surface area (Å²) < 4.78 is 0. The summed E-state index contributed by atoms with van der Waals surface area (Å²) in [5, 5.41) is 19.4. The fourth-order valence-electron chi connectivity index (χ4n) is 0.246. The van der Waals surface area contributed by atoms with E-state index in [1.165, 1.54) is 7.11 Å². The Labute approximate surface area is 51.5 Å². The summed E-state index contributed by atoms with van der Waals surface area (Å²) in [6, 6.07) is 0. The van der Waals surface area contributed by atoms with E-state index in [1.54, 1.807) is 0 Å². The van der Waals surface area contributed by atoms with E-state index in [0.29, 0.717) is 0 Å². The fourth-order valence-corrected chi connectivity index (χ4v) is 0.246. The first kappa shape index (κ1) is 7.90. The van der Waals surface area contributed by atoms with Gasteiger partial charge in [0, 0.05) is 0 Å². The van der Waals surface area contributed by atoms with E-state index >= 15 is 0 Å². The molecule has 0 aromatic heterocycles. The third-order valence-corrected chi connectivity index (χ3v) is 0.598. The Morgan fingerprint density at radius 2 is 2.33 bits per heavy atom. The lowest BCUT2D eigenvalue weighted by atomic mass is 10.4. The molecule has 0 radical (unpaired) electrons. The van der Waals surface area contributed by atoms with Crippen molar-refractivity contribution in [3.05, 3.63) is 0 Å². The van der Waals surface area contributed by atoms with Gasteiger partial charge in [0.15, 0.2) is 5.71 Å². The van der Waals surface area contributed by atoms with Gasteiger partial charge in [-0.1, -0.05) is 5.16 Å². The first-order valence-electron chi connectivity index (χ1n) is 2.16. The van der Waals surface area contributed by atoms with Crippen LogP contribution in [0, 0.1) is 0 Å². The molecule has 0 aliphatic rings. The number of carboxylic acids is 1. The van der Waals surface area contributed by atoms with Crippen LogP contribution in [-0.2, 0) is 9.63 Å². The zero-order chi connectivity index (χ0) is 7.28. The van der Waals surface area contributed by atoms with Crippen LogP contribution in [0.1, 0.15) is 0 Å². The smallest absolute Gasteiger partial charge is 0.356 e. The Morgan fingerprint density at radius 3 is 2.44 bits per heavy atom. The molecule has 5 nitrogen and oxygen atoms in total. The second-order valence-electron chi connectivity index (χ2n) is 1.18. The van der Waals surface area contributed by atoms with Gasteiger partial charge in [0.1, 0.15) is 7.11 Å². The highest BCUT2D eigenvalue weighted by molar-refractivity contribution is 6.35. The third-order valence-electron chi connectivity index (χ3n) is 0.598. The van der Waals surface area contributed by atoms with E-state index in [0.717, 1.165) is 0 Å². The number of hydrogen-bond acceptors (Lipinski definition) is 4. The van der Waals surface area contributed by atoms with Crippen LogP contribution >= 0.6 is 0 Å². The lowest BCUT2D eigenvalue weighted by Crippen LogP contribution is -2.17. The average molecular weight is 133 g/mol. The Morgan fingerprint density at radius 1 is 1.78 bits per heavy atom. The number of aliphatic carboxylic acids is 1. The number of carbonyl (C=O) groups is 1. The third kappa shape index (κ3) is 2.65. The minimum Gasteiger partial charge on any atom is -0.477 e. The van der Waals surface area contributed by atoms with E-state index < -0.39 is 18.3 Å². The zero-order valence-corrected chi connectivity index (χ0v) is 4.87. The van der Waals surface area contributed by atoms with Crippen LogP contribution in [0.2, 0.25) is 0 Å². The number of hydrogen-bond donors (Lipinski definition) is 2. The van der Waals surface area contributed by atoms with Gasteiger partial charge < -0.3 is 15.1 Å². The van der Waals surface area contributed by atoms with Gasteiger partial charge in [-0.2, -0.15) is 0 Å². The molecular weight excluding hydrogens is 126 g/mol. The van der Waals surface area contributed by atoms with Crippen molar-refractivity contribution < 1.29 is 19.8 Å². The minimum atomic E-state index is -1.28. The lowest BCUT2D eigenvalue weighted by molar-refractivity contribution is -0.129. The summed E-state index contributed by atoms with van der Waals surface area (Å²) >= 11 is 0. The van der Waals surface area contributed by atoms with Crippen molar-refractivity contribution in [3.63, 3.8) is 0 Å². The molecule has 0 amide bonds. The van der Waals surface area contributed by atoms with Gasteiger partial charge >= 0.3 is 5.97 Å². The van der Waals surface area contributed by atoms with Crippen LogP contribution < -0.4 is 0 Å². The Kier molecular flexibility index (Phi) is 3.38. The summed E-state index contributed by atoms with van der Waals surface area (Å²) in [7, 11) is 1.21. The summed E-state index contributed by atoms with van der Waals surface area (Å²) in [6.45, 7) is -0.622. The molecule has 0 bridgehead atoms. The first-order valence-corrected chi connectivity index (χ1v) is 2.16. The summed E-state index contributed by atoms with van der Waals surface area (Å²) in [6.07, 6.45) is 0. The molecule has 0 aliphatic heterocycles. The number of nitrogens with zero attached hydrogens (tertiary/aromatic N) is 1. The predicted molar refractivity (Wildman–Crippen MR) is 29.2 cm³/mol. The molecule has 0 saturated carbocycles. The van der Waals surface area contributed by atoms with E-state index in [1.807, 2.05) is 0 Å². The van der Waals surface area contributed by atoms with Gasteiger partial charge in [-0.05, 0) is 0 Å². The Balaban J connectivity index is 3.98. The molecule has 0 rings (SSSR count). The highest BCUT2D eigenvalue weighted by Gasteiger charge is 2.06. The van der Waals surface area contributed by atoms with Gasteiger partial charge in [0.2, 0.25) is 0 Å². The fraction of sp³-hybridized carbons (Fsp3) is 0.500. The topological polar surface area (TPSA) is 79.1 Å². The highest BCUT2D eigenvalue weighted by Crippen LogP contribution is 1.77. The lowest BCUT2D eigenvalue weighted by Gasteiger charge is -1.91. The molecule has 0 saturated heterocycles. The average Bonchev–Trinajstić information content (AvgIpc) is 1.82.